The predicted molar refractivity (Wildman–Crippen MR) is 246 cm³/mol. The van der Waals surface area contributed by atoms with E-state index < -0.39 is 0 Å². The topological polar surface area (TPSA) is 4.93 Å². The second-order valence-electron chi connectivity index (χ2n) is 17.7. The van der Waals surface area contributed by atoms with Gasteiger partial charge in [-0.15, -0.1) is 0 Å². The molecule has 0 radical (unpaired) electrons. The van der Waals surface area contributed by atoms with E-state index in [0.29, 0.717) is 0 Å². The molecule has 3 aliphatic carbocycles. The summed E-state index contributed by atoms with van der Waals surface area (Å²) >= 11 is 0. The maximum Gasteiger partial charge on any atom is 0.0547 e. The van der Waals surface area contributed by atoms with Gasteiger partial charge in [-0.3, -0.25) is 0 Å². The summed E-state index contributed by atoms with van der Waals surface area (Å²) in [6.45, 7) is 0. The Kier molecular flexibility index (Phi) is 8.29. The fourth-order valence-electron chi connectivity index (χ4n) is 11.6. The van der Waals surface area contributed by atoms with Crippen LogP contribution in [0.3, 0.4) is 0 Å². The smallest absolute Gasteiger partial charge is 0.0547 e. The minimum Gasteiger partial charge on any atom is -0.309 e. The first-order valence-corrected chi connectivity index (χ1v) is 21.8. The molecule has 3 bridgehead atoms. The van der Waals surface area contributed by atoms with E-state index in [0.717, 1.165) is 30.1 Å². The molecule has 284 valence electrons. The van der Waals surface area contributed by atoms with Crippen LogP contribution in [0.25, 0.3) is 60.9 Å². The number of fused-ring (bicyclic) bond motifs is 8. The lowest BCUT2D eigenvalue weighted by Crippen LogP contribution is -2.22. The molecule has 0 spiro atoms. The molecule has 3 aliphatic rings. The van der Waals surface area contributed by atoms with Crippen molar-refractivity contribution in [1.82, 2.24) is 4.57 Å². The Balaban J connectivity index is 0.899. The van der Waals surface area contributed by atoms with E-state index in [2.05, 4.69) is 199 Å². The summed E-state index contributed by atoms with van der Waals surface area (Å²) < 4.78 is 2.54. The van der Waals surface area contributed by atoms with Crippen LogP contribution >= 0.6 is 0 Å². The van der Waals surface area contributed by atoms with E-state index in [1.54, 1.807) is 11.1 Å². The zero-order valence-electron chi connectivity index (χ0n) is 33.3. The Bertz CT molecular complexity index is 2860. The first kappa shape index (κ1) is 34.6. The van der Waals surface area contributed by atoms with Gasteiger partial charge in [0, 0.05) is 22.4 Å². The van der Waals surface area contributed by atoms with Crippen molar-refractivity contribution >= 4 is 21.8 Å². The summed E-state index contributed by atoms with van der Waals surface area (Å²) in [6.07, 6.45) is 6.56. The lowest BCUT2D eigenvalue weighted by molar-refractivity contribution is 0.297. The number of benzene rings is 8. The Labute approximate surface area is 347 Å². The predicted octanol–water partition coefficient (Wildman–Crippen LogP) is 15.2. The van der Waals surface area contributed by atoms with Gasteiger partial charge in [-0.05, 0) is 147 Å². The Morgan fingerprint density at radius 2 is 0.966 bits per heavy atom. The highest BCUT2D eigenvalue weighted by Crippen LogP contribution is 2.61. The second kappa shape index (κ2) is 14.1. The lowest BCUT2D eigenvalue weighted by atomic mass is 9.69. The monoisotopic (exact) mass is 757 g/mol. The largest absolute Gasteiger partial charge is 0.309 e. The van der Waals surface area contributed by atoms with Crippen LogP contribution in [0, 0.1) is 11.8 Å². The third kappa shape index (κ3) is 6.06. The molecule has 1 heterocycles. The summed E-state index contributed by atoms with van der Waals surface area (Å²) in [5, 5.41) is 2.77. The molecule has 0 aliphatic heterocycles. The van der Waals surface area contributed by atoms with Crippen LogP contribution in [0.4, 0.5) is 0 Å². The van der Waals surface area contributed by atoms with Crippen LogP contribution < -0.4 is 0 Å². The average Bonchev–Trinajstić information content (AvgIpc) is 3.76. The van der Waals surface area contributed by atoms with E-state index in [-0.39, 0.29) is 5.92 Å². The van der Waals surface area contributed by atoms with Crippen molar-refractivity contribution in [2.24, 2.45) is 11.8 Å². The Morgan fingerprint density at radius 1 is 0.424 bits per heavy atom. The van der Waals surface area contributed by atoms with E-state index >= 15 is 0 Å². The minimum atomic E-state index is 0.226. The van der Waals surface area contributed by atoms with Crippen molar-refractivity contribution in [2.75, 3.05) is 0 Å². The van der Waals surface area contributed by atoms with Gasteiger partial charge in [0.05, 0.1) is 11.0 Å². The van der Waals surface area contributed by atoms with Crippen LogP contribution in [0.1, 0.15) is 71.3 Å². The molecule has 4 atom stereocenters. The normalized spacial score (nSPS) is 19.1. The van der Waals surface area contributed by atoms with Crippen molar-refractivity contribution in [2.45, 2.75) is 49.9 Å². The van der Waals surface area contributed by atoms with E-state index in [9.17, 15) is 0 Å². The van der Waals surface area contributed by atoms with Crippen molar-refractivity contribution in [1.29, 1.82) is 0 Å². The lowest BCUT2D eigenvalue weighted by Gasteiger charge is -2.36. The van der Waals surface area contributed by atoms with Crippen molar-refractivity contribution < 1.29 is 0 Å². The van der Waals surface area contributed by atoms with Gasteiger partial charge in [-0.1, -0.05) is 164 Å². The zero-order chi connectivity index (χ0) is 38.9. The Hall–Kier alpha value is -6.44. The van der Waals surface area contributed by atoms with Crippen molar-refractivity contribution in [3.8, 4) is 39.1 Å². The first-order valence-electron chi connectivity index (χ1n) is 21.8. The maximum absolute atomic E-state index is 2.62. The molecule has 2 saturated carbocycles. The van der Waals surface area contributed by atoms with Gasteiger partial charge in [0.1, 0.15) is 0 Å². The summed E-state index contributed by atoms with van der Waals surface area (Å²) in [7, 11) is 0. The molecule has 0 amide bonds. The highest BCUT2D eigenvalue weighted by molar-refractivity contribution is 6.11. The Morgan fingerprint density at radius 3 is 1.61 bits per heavy atom. The van der Waals surface area contributed by atoms with E-state index in [1.807, 2.05) is 0 Å². The third-order valence-corrected chi connectivity index (χ3v) is 14.4. The fourth-order valence-corrected chi connectivity index (χ4v) is 11.6. The van der Waals surface area contributed by atoms with Crippen LogP contribution in [-0.2, 0) is 6.42 Å². The van der Waals surface area contributed by atoms with Gasteiger partial charge >= 0.3 is 0 Å². The number of hydrogen-bond acceptors (Lipinski definition) is 0. The average molecular weight is 758 g/mol. The highest BCUT2D eigenvalue weighted by Gasteiger charge is 2.47. The van der Waals surface area contributed by atoms with Crippen LogP contribution in [0.5, 0.6) is 0 Å². The molecule has 1 aromatic heterocycles. The van der Waals surface area contributed by atoms with Crippen molar-refractivity contribution in [3.63, 3.8) is 0 Å². The van der Waals surface area contributed by atoms with E-state index in [4.69, 9.17) is 0 Å². The van der Waals surface area contributed by atoms with Crippen molar-refractivity contribution in [3.05, 3.63) is 222 Å². The fraction of sp³-hybridized carbons (Fsp3) is 0.172. The molecule has 1 nitrogen and oxygen atoms in total. The highest BCUT2D eigenvalue weighted by atomic mass is 15.0. The standard InChI is InChI=1S/C58H47N/c1-4-10-40(11-5-1)42-20-24-45(25-21-42)52(46-26-22-43(23-27-46)41-12-6-2-7-13-41)32-38-16-18-44(19-17-38)47-28-29-51-56-36-55-53-33-39-30-48(53)34-49(31-39)54(55)37-58(56)59(57(51)35-47)50-14-8-3-9-15-50/h1-29,35-37,39,48-49,52-53H,30-34H2. The second-order valence-corrected chi connectivity index (χ2v) is 17.7. The van der Waals surface area contributed by atoms with Gasteiger partial charge in [-0.2, -0.15) is 0 Å². The van der Waals surface area contributed by atoms with Gasteiger partial charge in [-0.25, -0.2) is 0 Å². The number of aromatic nitrogens is 1. The summed E-state index contributed by atoms with van der Waals surface area (Å²) in [4.78, 5) is 0. The van der Waals surface area contributed by atoms with Crippen LogP contribution in [-0.4, -0.2) is 4.57 Å². The van der Waals surface area contributed by atoms with Gasteiger partial charge < -0.3 is 4.57 Å². The summed E-state index contributed by atoms with van der Waals surface area (Å²) in [5.74, 6) is 3.55. The maximum atomic E-state index is 2.62. The summed E-state index contributed by atoms with van der Waals surface area (Å²) in [5.41, 5.74) is 18.7. The number of hydrogen-bond donors (Lipinski definition) is 0. The molecule has 12 rings (SSSR count). The molecule has 59 heavy (non-hydrogen) atoms. The summed E-state index contributed by atoms with van der Waals surface area (Å²) in [6, 6.07) is 72.7. The molecule has 4 unspecified atom stereocenters. The van der Waals surface area contributed by atoms with Gasteiger partial charge in [0.2, 0.25) is 0 Å². The number of para-hydroxylation sites is 1. The van der Waals surface area contributed by atoms with Crippen LogP contribution in [0.2, 0.25) is 0 Å². The molecule has 0 N–H and O–H groups in total. The minimum absolute atomic E-state index is 0.226. The molecular formula is C58H47N. The molecule has 8 aromatic carbocycles. The molecule has 1 heteroatoms. The quantitative estimate of drug-likeness (QED) is 0.145. The van der Waals surface area contributed by atoms with Gasteiger partial charge in [0.15, 0.2) is 0 Å². The zero-order valence-corrected chi connectivity index (χ0v) is 33.3. The third-order valence-electron chi connectivity index (χ3n) is 14.4. The van der Waals surface area contributed by atoms with Gasteiger partial charge in [0.25, 0.3) is 0 Å². The SMILES string of the molecule is c1ccc(-c2ccc(C(Cc3ccc(-c4ccc5c6cc7c(cc6n(-c6ccccc6)c5c4)C4CC5CC(C4)C7C5)cc3)c3ccc(-c4ccccc4)cc3)cc2)cc1. The molecule has 0 saturated heterocycles. The first-order chi connectivity index (χ1) is 29.2. The van der Waals surface area contributed by atoms with Crippen LogP contribution in [0.15, 0.2) is 194 Å². The number of nitrogens with zero attached hydrogens (tertiary/aromatic N) is 1. The number of rotatable bonds is 8. The molecule has 9 aromatic rings. The molecule has 2 fully saturated rings. The molecular weight excluding hydrogens is 711 g/mol. The van der Waals surface area contributed by atoms with E-state index in [1.165, 1.54) is 103 Å².